The molecule has 1 aliphatic carbocycles. The average Bonchev–Trinajstić information content (AvgIpc) is 3.65. The predicted molar refractivity (Wildman–Crippen MR) is 227 cm³/mol. The van der Waals surface area contributed by atoms with Gasteiger partial charge in [0.1, 0.15) is 35.5 Å². The van der Waals surface area contributed by atoms with Crippen LogP contribution in [0.2, 0.25) is 4.47 Å². The van der Waals surface area contributed by atoms with Crippen LogP contribution in [0.1, 0.15) is 33.7 Å². The van der Waals surface area contributed by atoms with Gasteiger partial charge in [-0.3, -0.25) is 0 Å². The van der Waals surface area contributed by atoms with Crippen LogP contribution in [0.4, 0.5) is 0 Å². The maximum absolute atomic E-state index is 7.22. The Morgan fingerprint density at radius 1 is 0.596 bits per heavy atom. The average molecular weight is 799 g/mol. The van der Waals surface area contributed by atoms with Gasteiger partial charge in [0.2, 0.25) is 4.47 Å². The monoisotopic (exact) mass is 798 g/mol. The molecule has 57 heavy (non-hydrogen) atoms. The smallest absolute Gasteiger partial charge is 0.207 e. The zero-order valence-electron chi connectivity index (χ0n) is 31.7. The van der Waals surface area contributed by atoms with Crippen molar-refractivity contribution in [3.8, 4) is 0 Å². The fraction of sp³-hybridized carbons (Fsp3) is 0.250. The third-order valence-corrected chi connectivity index (χ3v) is 10.7. The second kappa shape index (κ2) is 21.7. The van der Waals surface area contributed by atoms with E-state index < -0.39 is 30.5 Å². The summed E-state index contributed by atoms with van der Waals surface area (Å²) in [6.45, 7) is 1.85. The Bertz CT molecular complexity index is 2100. The topological polar surface area (TPSA) is 71.9 Å². The molecule has 7 nitrogen and oxygen atoms in total. The van der Waals surface area contributed by atoms with Gasteiger partial charge < -0.3 is 23.7 Å². The van der Waals surface area contributed by atoms with E-state index in [9.17, 15) is 0 Å². The van der Waals surface area contributed by atoms with Crippen molar-refractivity contribution in [2.75, 3.05) is 6.61 Å². The Morgan fingerprint density at radius 3 is 1.68 bits per heavy atom. The molecular weight excluding hydrogens is 752 g/mol. The van der Waals surface area contributed by atoms with Crippen molar-refractivity contribution in [3.05, 3.63) is 213 Å². The fourth-order valence-corrected chi connectivity index (χ4v) is 7.75. The first-order valence-electron chi connectivity index (χ1n) is 19.3. The lowest BCUT2D eigenvalue weighted by Crippen LogP contribution is -2.61. The van der Waals surface area contributed by atoms with Gasteiger partial charge in [0.15, 0.2) is 0 Å². The lowest BCUT2D eigenvalue weighted by atomic mass is 9.88. The van der Waals surface area contributed by atoms with Gasteiger partial charge in [0.25, 0.3) is 0 Å². The van der Waals surface area contributed by atoms with Gasteiger partial charge in [-0.1, -0.05) is 181 Å². The first-order chi connectivity index (χ1) is 28.2. The first-order valence-corrected chi connectivity index (χ1v) is 20.5. The Labute approximate surface area is 344 Å². The molecule has 2 heterocycles. The van der Waals surface area contributed by atoms with Crippen LogP contribution in [0.15, 0.2) is 181 Å². The van der Waals surface area contributed by atoms with E-state index in [2.05, 4.69) is 89.1 Å². The molecule has 1 saturated heterocycles. The maximum Gasteiger partial charge on any atom is 0.207 e. The van der Waals surface area contributed by atoms with Gasteiger partial charge >= 0.3 is 0 Å². The summed E-state index contributed by atoms with van der Waals surface area (Å²) in [5, 5.41) is 9.10. The number of hydrogen-bond acceptors (Lipinski definition) is 8. The van der Waals surface area contributed by atoms with Crippen LogP contribution >= 0.6 is 22.9 Å². The van der Waals surface area contributed by atoms with E-state index >= 15 is 0 Å². The van der Waals surface area contributed by atoms with E-state index in [1.165, 1.54) is 11.3 Å². The molecule has 5 atom stereocenters. The number of nitrogens with zero attached hydrogens (tertiary/aromatic N) is 2. The summed E-state index contributed by atoms with van der Waals surface area (Å²) in [4.78, 5) is 0. The highest BCUT2D eigenvalue weighted by Gasteiger charge is 2.49. The van der Waals surface area contributed by atoms with Gasteiger partial charge in [-0.2, -0.15) is 0 Å². The molecule has 0 spiro atoms. The van der Waals surface area contributed by atoms with E-state index in [0.717, 1.165) is 38.4 Å². The van der Waals surface area contributed by atoms with Crippen LogP contribution in [-0.4, -0.2) is 47.3 Å². The summed E-state index contributed by atoms with van der Waals surface area (Å²) in [6.07, 6.45) is 15.3. The molecule has 1 aromatic heterocycles. The number of aromatic nitrogens is 2. The molecule has 9 heteroatoms. The number of halogens is 1. The lowest BCUT2D eigenvalue weighted by Gasteiger charge is -2.47. The molecule has 0 unspecified atom stereocenters. The number of allylic oxidation sites excluding steroid dienone is 9. The minimum absolute atomic E-state index is 0.292. The molecular formula is C48H47ClN2O5S. The number of benzene rings is 4. The molecule has 2 aliphatic rings. The fourth-order valence-electron chi connectivity index (χ4n) is 6.85. The molecule has 1 aliphatic heterocycles. The third kappa shape index (κ3) is 12.4. The van der Waals surface area contributed by atoms with E-state index in [0.29, 0.717) is 50.3 Å². The van der Waals surface area contributed by atoms with Crippen LogP contribution < -0.4 is 0 Å². The van der Waals surface area contributed by atoms with Crippen LogP contribution in [0.25, 0.3) is 0 Å². The summed E-state index contributed by atoms with van der Waals surface area (Å²) in [5.41, 5.74) is 6.38. The summed E-state index contributed by atoms with van der Waals surface area (Å²) in [6, 6.07) is 40.8. The van der Waals surface area contributed by atoms with Crippen molar-refractivity contribution in [2.45, 2.75) is 69.8 Å². The van der Waals surface area contributed by atoms with Gasteiger partial charge in [-0.25, -0.2) is 0 Å². The molecule has 1 fully saturated rings. The molecule has 292 valence electrons. The van der Waals surface area contributed by atoms with Crippen LogP contribution in [0, 0.1) is 0 Å². The van der Waals surface area contributed by atoms with Gasteiger partial charge in [0.05, 0.1) is 33.0 Å². The Morgan fingerprint density at radius 2 is 1.12 bits per heavy atom. The molecule has 7 rings (SSSR count). The Kier molecular flexibility index (Phi) is 15.4. The second-order valence-electron chi connectivity index (χ2n) is 13.9. The lowest BCUT2D eigenvalue weighted by molar-refractivity contribution is -0.265. The Balaban J connectivity index is 1.24. The summed E-state index contributed by atoms with van der Waals surface area (Å²) in [7, 11) is 0. The van der Waals surface area contributed by atoms with E-state index in [-0.39, 0.29) is 0 Å². The summed E-state index contributed by atoms with van der Waals surface area (Å²) >= 11 is 7.51. The minimum Gasteiger partial charge on any atom is -0.374 e. The van der Waals surface area contributed by atoms with E-state index in [1.807, 2.05) is 91.0 Å². The molecule has 0 N–H and O–H groups in total. The maximum atomic E-state index is 7.22. The SMILES string of the molecule is Clc1nnc(CC2=C/C=C\C=C/C=C(/[C@@H]3O[C@H](COCc4ccccc4)[C@@H](OCc4ccccc4)[C@H](OCc4ccccc4)[C@H]3OCc3ccccc3)C/C=C\2)s1. The van der Waals surface area contributed by atoms with Crippen molar-refractivity contribution in [1.29, 1.82) is 0 Å². The van der Waals surface area contributed by atoms with Crippen LogP contribution in [0.3, 0.4) is 0 Å². The van der Waals surface area contributed by atoms with Crippen molar-refractivity contribution in [2.24, 2.45) is 0 Å². The Hall–Kier alpha value is -4.77. The first kappa shape index (κ1) is 40.4. The van der Waals surface area contributed by atoms with Crippen LogP contribution in [0.5, 0.6) is 0 Å². The highest BCUT2D eigenvalue weighted by atomic mass is 35.5. The number of ether oxygens (including phenoxy) is 5. The molecule has 0 bridgehead atoms. The van der Waals surface area contributed by atoms with Crippen molar-refractivity contribution in [3.63, 3.8) is 0 Å². The molecule has 5 aromatic rings. The molecule has 4 aromatic carbocycles. The zero-order chi connectivity index (χ0) is 38.9. The summed E-state index contributed by atoms with van der Waals surface area (Å²) in [5.74, 6) is 0. The quantitative estimate of drug-likeness (QED) is 0.0984. The third-order valence-electron chi connectivity index (χ3n) is 9.69. The van der Waals surface area contributed by atoms with E-state index in [4.69, 9.17) is 35.3 Å². The van der Waals surface area contributed by atoms with Crippen molar-refractivity contribution in [1.82, 2.24) is 10.2 Å². The standard InChI is InChI=1S/C48H47ClN2O5S/c49-48-51-50-43(57-48)30-36-18-7-1-2-16-28-41(29-17-27-36)44-46(54-33-39-23-12-5-13-24-39)47(55-34-40-25-14-6-15-26-40)45(53-32-38-21-10-4-11-22-38)42(56-44)35-52-31-37-19-8-3-9-20-37/h1-28,42,44-47H,29-35H2/b7-1-,16-2-,27-17-,36-18+,41-28+/t42-,44+,45-,46+,47+/m1/s1. The molecule has 0 radical (unpaired) electrons. The summed E-state index contributed by atoms with van der Waals surface area (Å²) < 4.78 is 35.0. The molecule has 0 amide bonds. The molecule has 0 saturated carbocycles. The number of hydrogen-bond donors (Lipinski definition) is 0. The minimum atomic E-state index is -0.535. The van der Waals surface area contributed by atoms with E-state index in [1.54, 1.807) is 0 Å². The van der Waals surface area contributed by atoms with Crippen LogP contribution in [-0.2, 0) is 56.5 Å². The largest absolute Gasteiger partial charge is 0.374 e. The predicted octanol–water partition coefficient (Wildman–Crippen LogP) is 10.4. The van der Waals surface area contributed by atoms with Gasteiger partial charge in [-0.15, -0.1) is 10.2 Å². The second-order valence-corrected chi connectivity index (χ2v) is 15.5. The highest BCUT2D eigenvalue weighted by Crippen LogP contribution is 2.35. The zero-order valence-corrected chi connectivity index (χ0v) is 33.3. The number of rotatable bonds is 16. The van der Waals surface area contributed by atoms with Crippen molar-refractivity contribution >= 4 is 22.9 Å². The van der Waals surface area contributed by atoms with Gasteiger partial charge in [0, 0.05) is 6.42 Å². The normalized spacial score (nSPS) is 24.6. The van der Waals surface area contributed by atoms with Crippen molar-refractivity contribution < 1.29 is 23.7 Å². The van der Waals surface area contributed by atoms with Gasteiger partial charge in [-0.05, 0) is 51.4 Å². The highest BCUT2D eigenvalue weighted by molar-refractivity contribution is 7.15.